The van der Waals surface area contributed by atoms with E-state index in [1.807, 2.05) is 48.7 Å². The molecule has 3 N–H and O–H groups in total. The summed E-state index contributed by atoms with van der Waals surface area (Å²) in [5.41, 5.74) is 8.40. The fourth-order valence-corrected chi connectivity index (χ4v) is 4.29. The average molecular weight is 439 g/mol. The molecule has 2 unspecified atom stereocenters. The Bertz CT molecular complexity index is 1360. The van der Waals surface area contributed by atoms with Gasteiger partial charge in [0.2, 0.25) is 0 Å². The highest BCUT2D eigenvalue weighted by molar-refractivity contribution is 6.03. The zero-order valence-electron chi connectivity index (χ0n) is 17.8. The minimum absolute atomic E-state index is 0.234. The predicted molar refractivity (Wildman–Crippen MR) is 122 cm³/mol. The number of carbonyl (C=O) groups is 3. The summed E-state index contributed by atoms with van der Waals surface area (Å²) in [5.74, 6) is -1.23. The first kappa shape index (κ1) is 20.4. The van der Waals surface area contributed by atoms with Crippen LogP contribution >= 0.6 is 0 Å². The lowest BCUT2D eigenvalue weighted by Crippen LogP contribution is -2.52. The summed E-state index contributed by atoms with van der Waals surface area (Å²) < 4.78 is 0. The van der Waals surface area contributed by atoms with Crippen molar-refractivity contribution < 1.29 is 14.4 Å². The van der Waals surface area contributed by atoms with Crippen LogP contribution in [0.2, 0.25) is 0 Å². The van der Waals surface area contributed by atoms with Crippen LogP contribution in [0.5, 0.6) is 0 Å². The molecule has 2 aromatic carbocycles. The van der Waals surface area contributed by atoms with Gasteiger partial charge in [-0.1, -0.05) is 36.4 Å². The molecule has 8 nitrogen and oxygen atoms in total. The van der Waals surface area contributed by atoms with Gasteiger partial charge in [-0.15, -0.1) is 0 Å². The number of aromatic amines is 1. The maximum Gasteiger partial charge on any atom is 0.271 e. The molecule has 3 amide bonds. The molecule has 4 aromatic rings. The number of aromatic nitrogens is 2. The quantitative estimate of drug-likeness (QED) is 0.425. The topological polar surface area (TPSA) is 107 Å². The van der Waals surface area contributed by atoms with Crippen molar-refractivity contribution >= 4 is 28.6 Å². The van der Waals surface area contributed by atoms with Gasteiger partial charge in [0.05, 0.1) is 11.6 Å². The van der Waals surface area contributed by atoms with E-state index in [2.05, 4.69) is 20.8 Å². The number of hydrogen-bond acceptors (Lipinski definition) is 4. The highest BCUT2D eigenvalue weighted by atomic mass is 16.2. The van der Waals surface area contributed by atoms with E-state index < -0.39 is 23.9 Å². The molecule has 0 radical (unpaired) electrons. The van der Waals surface area contributed by atoms with E-state index in [4.69, 9.17) is 0 Å². The maximum absolute atomic E-state index is 13.4. The second kappa shape index (κ2) is 8.23. The number of carbonyl (C=O) groups excluding carboxylic acids is 3. The number of rotatable bonds is 4. The van der Waals surface area contributed by atoms with Crippen molar-refractivity contribution in [1.82, 2.24) is 25.7 Å². The van der Waals surface area contributed by atoms with E-state index in [1.165, 1.54) is 6.20 Å². The van der Waals surface area contributed by atoms with E-state index in [0.29, 0.717) is 11.1 Å². The Morgan fingerprint density at radius 2 is 1.79 bits per heavy atom. The minimum Gasteiger partial charge on any atom is -0.361 e. The summed E-state index contributed by atoms with van der Waals surface area (Å²) in [4.78, 5) is 47.4. The first-order valence-corrected chi connectivity index (χ1v) is 10.5. The van der Waals surface area contributed by atoms with E-state index in [1.54, 1.807) is 36.2 Å². The molecule has 3 heterocycles. The van der Waals surface area contributed by atoms with Crippen LogP contribution in [-0.2, 0) is 4.79 Å². The number of fused-ring (bicyclic) bond motifs is 2. The van der Waals surface area contributed by atoms with E-state index in [-0.39, 0.29) is 5.91 Å². The number of benzene rings is 2. The summed E-state index contributed by atoms with van der Waals surface area (Å²) >= 11 is 0. The zero-order valence-corrected chi connectivity index (χ0v) is 17.8. The molecular formula is C25H21N5O3. The van der Waals surface area contributed by atoms with Crippen LogP contribution in [0.15, 0.2) is 79.3 Å². The number of H-pyrrole nitrogens is 1. The molecule has 0 spiro atoms. The molecule has 2 atom stereocenters. The summed E-state index contributed by atoms with van der Waals surface area (Å²) in [6.45, 7) is 1.65. The SMILES string of the molecule is CC(C(=O)NNC(=O)c1cccnc1)N1C(=O)c2ccccc2C1c1c[nH]c2ccccc12. The van der Waals surface area contributed by atoms with Crippen LogP contribution in [-0.4, -0.2) is 38.6 Å². The molecule has 0 bridgehead atoms. The molecule has 0 fully saturated rings. The van der Waals surface area contributed by atoms with Gasteiger partial charge >= 0.3 is 0 Å². The standard InChI is InChI=1S/C25H21N5O3/c1-15(23(31)28-29-24(32)16-7-6-12-26-13-16)30-22(18-9-2-3-10-19(18)25(30)33)20-14-27-21-11-5-4-8-17(20)21/h2-15,22,27H,1H3,(H,28,31)(H,29,32). The number of para-hydroxylation sites is 1. The maximum atomic E-state index is 13.4. The second-order valence-corrected chi connectivity index (χ2v) is 7.85. The Kier molecular flexibility index (Phi) is 5.10. The summed E-state index contributed by atoms with van der Waals surface area (Å²) in [7, 11) is 0. The number of hydrogen-bond donors (Lipinski definition) is 3. The third-order valence-electron chi connectivity index (χ3n) is 5.93. The average Bonchev–Trinajstić information content (AvgIpc) is 3.41. The third kappa shape index (κ3) is 3.51. The monoisotopic (exact) mass is 439 g/mol. The molecule has 1 aliphatic heterocycles. The fraction of sp³-hybridized carbons (Fsp3) is 0.120. The largest absolute Gasteiger partial charge is 0.361 e. The normalized spacial score (nSPS) is 15.8. The van der Waals surface area contributed by atoms with Gasteiger partial charge < -0.3 is 9.88 Å². The minimum atomic E-state index is -0.849. The van der Waals surface area contributed by atoms with Gasteiger partial charge in [-0.25, -0.2) is 0 Å². The molecule has 0 saturated heterocycles. The van der Waals surface area contributed by atoms with E-state index in [0.717, 1.165) is 22.0 Å². The molecular weight excluding hydrogens is 418 g/mol. The van der Waals surface area contributed by atoms with Gasteiger partial charge in [0.15, 0.2) is 0 Å². The van der Waals surface area contributed by atoms with Gasteiger partial charge in [-0.3, -0.25) is 30.2 Å². The number of amides is 3. The van der Waals surface area contributed by atoms with Crippen molar-refractivity contribution in [2.45, 2.75) is 19.0 Å². The molecule has 0 aliphatic carbocycles. The van der Waals surface area contributed by atoms with Gasteiger partial charge in [0.1, 0.15) is 6.04 Å². The van der Waals surface area contributed by atoms with Crippen molar-refractivity contribution in [3.63, 3.8) is 0 Å². The highest BCUT2D eigenvalue weighted by Gasteiger charge is 2.43. The summed E-state index contributed by atoms with van der Waals surface area (Å²) in [5, 5.41) is 0.981. The summed E-state index contributed by atoms with van der Waals surface area (Å²) in [6, 6.07) is 17.1. The number of pyridine rings is 1. The Labute approximate surface area is 189 Å². The van der Waals surface area contributed by atoms with Gasteiger partial charge in [-0.2, -0.15) is 0 Å². The van der Waals surface area contributed by atoms with E-state index in [9.17, 15) is 14.4 Å². The third-order valence-corrected chi connectivity index (χ3v) is 5.93. The Hall–Kier alpha value is -4.46. The first-order chi connectivity index (χ1) is 16.1. The van der Waals surface area contributed by atoms with Crippen LogP contribution in [0.3, 0.4) is 0 Å². The van der Waals surface area contributed by atoms with Crippen molar-refractivity contribution in [2.75, 3.05) is 0 Å². The van der Waals surface area contributed by atoms with Crippen LogP contribution in [0.1, 0.15) is 44.8 Å². The highest BCUT2D eigenvalue weighted by Crippen LogP contribution is 2.42. The Balaban J connectivity index is 1.45. The predicted octanol–water partition coefficient (Wildman–Crippen LogP) is 2.96. The van der Waals surface area contributed by atoms with Crippen molar-refractivity contribution in [3.8, 4) is 0 Å². The van der Waals surface area contributed by atoms with Crippen LogP contribution in [0.4, 0.5) is 0 Å². The molecule has 164 valence electrons. The first-order valence-electron chi connectivity index (χ1n) is 10.5. The number of nitrogens with zero attached hydrogens (tertiary/aromatic N) is 2. The summed E-state index contributed by atoms with van der Waals surface area (Å²) in [6.07, 6.45) is 4.84. The van der Waals surface area contributed by atoms with Gasteiger partial charge in [0.25, 0.3) is 17.7 Å². The molecule has 1 aliphatic rings. The van der Waals surface area contributed by atoms with Crippen molar-refractivity contribution in [2.24, 2.45) is 0 Å². The lowest BCUT2D eigenvalue weighted by Gasteiger charge is -2.30. The van der Waals surface area contributed by atoms with Crippen molar-refractivity contribution in [1.29, 1.82) is 0 Å². The van der Waals surface area contributed by atoms with Crippen LogP contribution in [0, 0.1) is 0 Å². The van der Waals surface area contributed by atoms with Crippen LogP contribution in [0.25, 0.3) is 10.9 Å². The zero-order chi connectivity index (χ0) is 22.9. The molecule has 0 saturated carbocycles. The van der Waals surface area contributed by atoms with Gasteiger partial charge in [0, 0.05) is 40.6 Å². The molecule has 2 aromatic heterocycles. The van der Waals surface area contributed by atoms with E-state index >= 15 is 0 Å². The fourth-order valence-electron chi connectivity index (χ4n) is 4.29. The Morgan fingerprint density at radius 1 is 1.00 bits per heavy atom. The second-order valence-electron chi connectivity index (χ2n) is 7.85. The Morgan fingerprint density at radius 3 is 2.61 bits per heavy atom. The number of hydrazine groups is 1. The molecule has 8 heteroatoms. The smallest absolute Gasteiger partial charge is 0.271 e. The number of nitrogens with one attached hydrogen (secondary N) is 3. The van der Waals surface area contributed by atoms with Crippen molar-refractivity contribution in [3.05, 3.63) is 102 Å². The van der Waals surface area contributed by atoms with Gasteiger partial charge in [-0.05, 0) is 36.8 Å². The lowest BCUT2D eigenvalue weighted by atomic mass is 9.97. The van der Waals surface area contributed by atoms with Crippen LogP contribution < -0.4 is 10.9 Å². The molecule has 33 heavy (non-hydrogen) atoms. The molecule has 5 rings (SSSR count). The lowest BCUT2D eigenvalue weighted by molar-refractivity contribution is -0.126.